The minimum atomic E-state index is -0.561. The number of hydrogen-bond donors (Lipinski definition) is 0. The van der Waals surface area contributed by atoms with Gasteiger partial charge in [0.15, 0.2) is 0 Å². The van der Waals surface area contributed by atoms with Gasteiger partial charge >= 0.3 is 0 Å². The van der Waals surface area contributed by atoms with E-state index >= 15 is 0 Å². The lowest BCUT2D eigenvalue weighted by Crippen LogP contribution is -2.23. The molecule has 0 radical (unpaired) electrons. The Hall–Kier alpha value is -1.43. The molecule has 1 aliphatic rings. The van der Waals surface area contributed by atoms with Crippen LogP contribution in [0.2, 0.25) is 0 Å². The van der Waals surface area contributed by atoms with Gasteiger partial charge in [0.2, 0.25) is 0 Å². The van der Waals surface area contributed by atoms with E-state index in [0.29, 0.717) is 12.0 Å². The second-order valence-corrected chi connectivity index (χ2v) is 5.61. The minimum Gasteiger partial charge on any atom is -0.207 e. The van der Waals surface area contributed by atoms with Gasteiger partial charge in [0.05, 0.1) is 11.5 Å². The Morgan fingerprint density at radius 1 is 0.947 bits per heavy atom. The molecule has 0 atom stereocenters. The molecule has 0 spiro atoms. The lowest BCUT2D eigenvalue weighted by atomic mass is 9.73. The Morgan fingerprint density at radius 2 is 1.47 bits per heavy atom. The van der Waals surface area contributed by atoms with E-state index < -0.39 is 17.0 Å². The zero-order chi connectivity index (χ0) is 13.7. The normalized spacial score (nSPS) is 19.2. The molecule has 1 nitrogen and oxygen atoms in total. The van der Waals surface area contributed by atoms with Gasteiger partial charge in [-0.3, -0.25) is 0 Å². The highest BCUT2D eigenvalue weighted by Crippen LogP contribution is 2.37. The third-order valence-corrected chi connectivity index (χ3v) is 4.01. The highest BCUT2D eigenvalue weighted by Gasteiger charge is 2.30. The summed E-state index contributed by atoms with van der Waals surface area (Å²) in [5, 5.41) is 9.52. The zero-order valence-electron chi connectivity index (χ0n) is 11.1. The van der Waals surface area contributed by atoms with E-state index in [1.807, 2.05) is 0 Å². The van der Waals surface area contributed by atoms with Crippen LogP contribution in [0.25, 0.3) is 0 Å². The summed E-state index contributed by atoms with van der Waals surface area (Å²) < 4.78 is 26.5. The standard InChI is InChI=1S/C16H19F2N/c17-14-8-13(9-15(18)10-14)11-16(12-19)6-4-2-1-3-5-7-16/h8-10H,1-7,11H2. The van der Waals surface area contributed by atoms with Crippen LogP contribution in [0.1, 0.15) is 50.5 Å². The molecule has 0 saturated heterocycles. The number of nitrogens with zero attached hydrogens (tertiary/aromatic N) is 1. The van der Waals surface area contributed by atoms with Crippen molar-refractivity contribution in [3.8, 4) is 6.07 Å². The molecule has 1 aliphatic carbocycles. The molecule has 3 heteroatoms. The van der Waals surface area contributed by atoms with Gasteiger partial charge in [0.25, 0.3) is 0 Å². The number of nitriles is 1. The molecule has 102 valence electrons. The Balaban J connectivity index is 2.18. The van der Waals surface area contributed by atoms with E-state index in [4.69, 9.17) is 0 Å². The monoisotopic (exact) mass is 263 g/mol. The molecule has 0 aromatic heterocycles. The van der Waals surface area contributed by atoms with Crippen molar-refractivity contribution in [1.29, 1.82) is 5.26 Å². The molecule has 0 bridgehead atoms. The summed E-state index contributed by atoms with van der Waals surface area (Å²) in [4.78, 5) is 0. The predicted octanol–water partition coefficient (Wildman–Crippen LogP) is 4.76. The van der Waals surface area contributed by atoms with Crippen LogP contribution < -0.4 is 0 Å². The Morgan fingerprint density at radius 3 is 2.00 bits per heavy atom. The first-order chi connectivity index (χ1) is 9.13. The molecule has 0 heterocycles. The highest BCUT2D eigenvalue weighted by atomic mass is 19.1. The predicted molar refractivity (Wildman–Crippen MR) is 70.4 cm³/mol. The van der Waals surface area contributed by atoms with Crippen LogP contribution in [-0.2, 0) is 6.42 Å². The molecular weight excluding hydrogens is 244 g/mol. The Kier molecular flexibility index (Phi) is 4.52. The van der Waals surface area contributed by atoms with Crippen LogP contribution in [0.5, 0.6) is 0 Å². The summed E-state index contributed by atoms with van der Waals surface area (Å²) in [6.45, 7) is 0. The van der Waals surface area contributed by atoms with Crippen molar-refractivity contribution in [1.82, 2.24) is 0 Å². The maximum absolute atomic E-state index is 13.2. The van der Waals surface area contributed by atoms with Crippen LogP contribution in [-0.4, -0.2) is 0 Å². The third-order valence-electron chi connectivity index (χ3n) is 4.01. The van der Waals surface area contributed by atoms with Gasteiger partial charge in [0.1, 0.15) is 11.6 Å². The van der Waals surface area contributed by atoms with Gasteiger partial charge in [-0.25, -0.2) is 8.78 Å². The summed E-state index contributed by atoms with van der Waals surface area (Å²) in [7, 11) is 0. The van der Waals surface area contributed by atoms with E-state index in [1.54, 1.807) is 0 Å². The largest absolute Gasteiger partial charge is 0.207 e. The summed E-state index contributed by atoms with van der Waals surface area (Å²) in [5.74, 6) is -1.12. The number of halogens is 2. The maximum atomic E-state index is 13.2. The van der Waals surface area contributed by atoms with Crippen molar-refractivity contribution in [3.63, 3.8) is 0 Å². The average Bonchev–Trinajstić information content (AvgIpc) is 2.31. The van der Waals surface area contributed by atoms with Crippen molar-refractivity contribution in [2.75, 3.05) is 0 Å². The summed E-state index contributed by atoms with van der Waals surface area (Å²) in [6, 6.07) is 6.00. The van der Waals surface area contributed by atoms with Crippen LogP contribution >= 0.6 is 0 Å². The Labute approximate surface area is 113 Å². The molecule has 0 N–H and O–H groups in total. The molecule has 0 aliphatic heterocycles. The summed E-state index contributed by atoms with van der Waals surface area (Å²) in [5.41, 5.74) is 0.153. The Bertz CT molecular complexity index is 448. The molecule has 1 aromatic rings. The van der Waals surface area contributed by atoms with Crippen LogP contribution in [0.4, 0.5) is 8.78 Å². The molecule has 19 heavy (non-hydrogen) atoms. The molecule has 1 saturated carbocycles. The fourth-order valence-electron chi connectivity index (χ4n) is 3.01. The van der Waals surface area contributed by atoms with E-state index in [-0.39, 0.29) is 0 Å². The molecule has 1 fully saturated rings. The SMILES string of the molecule is N#CC1(Cc2cc(F)cc(F)c2)CCCCCCC1. The van der Waals surface area contributed by atoms with E-state index in [0.717, 1.165) is 44.6 Å². The van der Waals surface area contributed by atoms with Gasteiger partial charge in [-0.2, -0.15) is 5.26 Å². The van der Waals surface area contributed by atoms with Gasteiger partial charge < -0.3 is 0 Å². The van der Waals surface area contributed by atoms with Crippen molar-refractivity contribution < 1.29 is 8.78 Å². The van der Waals surface area contributed by atoms with Gasteiger partial charge in [-0.05, 0) is 37.0 Å². The molecule has 0 amide bonds. The van der Waals surface area contributed by atoms with Crippen molar-refractivity contribution in [3.05, 3.63) is 35.4 Å². The highest BCUT2D eigenvalue weighted by molar-refractivity contribution is 5.21. The van der Waals surface area contributed by atoms with E-state index in [1.165, 1.54) is 18.6 Å². The minimum absolute atomic E-state index is 0.444. The van der Waals surface area contributed by atoms with Crippen molar-refractivity contribution >= 4 is 0 Å². The smallest absolute Gasteiger partial charge is 0.126 e. The van der Waals surface area contributed by atoms with Gasteiger partial charge in [-0.1, -0.05) is 32.1 Å². The molecule has 1 aromatic carbocycles. The number of hydrogen-bond acceptors (Lipinski definition) is 1. The third kappa shape index (κ3) is 3.76. The first kappa shape index (κ1) is 14.0. The topological polar surface area (TPSA) is 23.8 Å². The second-order valence-electron chi connectivity index (χ2n) is 5.61. The van der Waals surface area contributed by atoms with Crippen LogP contribution in [0.15, 0.2) is 18.2 Å². The number of benzene rings is 1. The van der Waals surface area contributed by atoms with Crippen molar-refractivity contribution in [2.24, 2.45) is 5.41 Å². The lowest BCUT2D eigenvalue weighted by molar-refractivity contribution is 0.287. The average molecular weight is 263 g/mol. The van der Waals surface area contributed by atoms with Crippen LogP contribution in [0.3, 0.4) is 0 Å². The van der Waals surface area contributed by atoms with Crippen LogP contribution in [0, 0.1) is 28.4 Å². The fourth-order valence-corrected chi connectivity index (χ4v) is 3.01. The van der Waals surface area contributed by atoms with Gasteiger partial charge in [-0.15, -0.1) is 0 Å². The van der Waals surface area contributed by atoms with E-state index in [2.05, 4.69) is 6.07 Å². The van der Waals surface area contributed by atoms with Crippen molar-refractivity contribution in [2.45, 2.75) is 51.4 Å². The summed E-state index contributed by atoms with van der Waals surface area (Å²) in [6.07, 6.45) is 7.73. The van der Waals surface area contributed by atoms with E-state index in [9.17, 15) is 14.0 Å². The quantitative estimate of drug-likeness (QED) is 0.754. The lowest BCUT2D eigenvalue weighted by Gasteiger charge is -2.28. The molecule has 0 unspecified atom stereocenters. The first-order valence-electron chi connectivity index (χ1n) is 7.00. The fraction of sp³-hybridized carbons (Fsp3) is 0.562. The number of rotatable bonds is 2. The zero-order valence-corrected chi connectivity index (χ0v) is 11.1. The maximum Gasteiger partial charge on any atom is 0.126 e. The molecular formula is C16H19F2N. The summed E-state index contributed by atoms with van der Waals surface area (Å²) >= 11 is 0. The first-order valence-corrected chi connectivity index (χ1v) is 7.00. The molecule has 2 rings (SSSR count). The second kappa shape index (κ2) is 6.14. The van der Waals surface area contributed by atoms with Gasteiger partial charge in [0, 0.05) is 6.07 Å².